The number of rotatable bonds is 1. The van der Waals surface area contributed by atoms with Crippen molar-refractivity contribution in [2.45, 2.75) is 32.0 Å². The van der Waals surface area contributed by atoms with Crippen molar-refractivity contribution in [2.24, 2.45) is 0 Å². The fourth-order valence-electron chi connectivity index (χ4n) is 2.37. The topological polar surface area (TPSA) is 27.0 Å². The second-order valence-electron chi connectivity index (χ2n) is 4.53. The minimum Gasteiger partial charge on any atom is -0.368 e. The van der Waals surface area contributed by atoms with Crippen molar-refractivity contribution in [3.8, 4) is 6.07 Å². The summed E-state index contributed by atoms with van der Waals surface area (Å²) in [5, 5.41) is 8.71. The molecule has 1 heterocycles. The Morgan fingerprint density at radius 2 is 2.11 bits per heavy atom. The molecule has 96 valence electrons. The number of alkyl halides is 3. The van der Waals surface area contributed by atoms with Crippen LogP contribution >= 0.6 is 0 Å². The molecule has 2 nitrogen and oxygen atoms in total. The van der Waals surface area contributed by atoms with E-state index in [0.29, 0.717) is 6.54 Å². The molecule has 0 unspecified atom stereocenters. The smallest absolute Gasteiger partial charge is 0.368 e. The molecule has 1 fully saturated rings. The van der Waals surface area contributed by atoms with Gasteiger partial charge in [-0.15, -0.1) is 0 Å². The Kier molecular flexibility index (Phi) is 3.20. The minimum atomic E-state index is -4.43. The largest absolute Gasteiger partial charge is 0.418 e. The monoisotopic (exact) mass is 254 g/mol. The molecule has 1 aliphatic heterocycles. The van der Waals surface area contributed by atoms with Crippen molar-refractivity contribution >= 4 is 5.69 Å². The summed E-state index contributed by atoms with van der Waals surface area (Å²) in [6.45, 7) is 2.56. The third kappa shape index (κ3) is 2.28. The average molecular weight is 254 g/mol. The molecule has 0 aliphatic carbocycles. The lowest BCUT2D eigenvalue weighted by atomic mass is 10.1. The van der Waals surface area contributed by atoms with E-state index in [9.17, 15) is 13.2 Å². The minimum absolute atomic E-state index is 0.0397. The first-order chi connectivity index (χ1) is 8.43. The molecule has 2 rings (SSSR count). The first-order valence-electron chi connectivity index (χ1n) is 5.81. The van der Waals surface area contributed by atoms with E-state index in [4.69, 9.17) is 5.26 Å². The summed E-state index contributed by atoms with van der Waals surface area (Å²) >= 11 is 0. The third-order valence-electron chi connectivity index (χ3n) is 3.29. The molecule has 0 spiro atoms. The van der Waals surface area contributed by atoms with Gasteiger partial charge in [-0.3, -0.25) is 0 Å². The van der Waals surface area contributed by atoms with E-state index in [1.54, 1.807) is 11.0 Å². The van der Waals surface area contributed by atoms with Crippen LogP contribution < -0.4 is 4.90 Å². The number of halogens is 3. The number of nitriles is 1. The van der Waals surface area contributed by atoms with Crippen LogP contribution in [-0.4, -0.2) is 12.6 Å². The summed E-state index contributed by atoms with van der Waals surface area (Å²) in [5.74, 6) is 0. The Hall–Kier alpha value is -1.70. The predicted molar refractivity (Wildman–Crippen MR) is 62.2 cm³/mol. The van der Waals surface area contributed by atoms with Gasteiger partial charge < -0.3 is 4.90 Å². The zero-order chi connectivity index (χ0) is 13.3. The highest BCUT2D eigenvalue weighted by Gasteiger charge is 2.36. The highest BCUT2D eigenvalue weighted by Crippen LogP contribution is 2.39. The van der Waals surface area contributed by atoms with Crippen molar-refractivity contribution in [3.63, 3.8) is 0 Å². The summed E-state index contributed by atoms with van der Waals surface area (Å²) < 4.78 is 39.0. The fraction of sp³-hybridized carbons (Fsp3) is 0.462. The van der Waals surface area contributed by atoms with Crippen LogP contribution in [0, 0.1) is 11.3 Å². The van der Waals surface area contributed by atoms with E-state index in [1.165, 1.54) is 12.1 Å². The van der Waals surface area contributed by atoms with Crippen molar-refractivity contribution in [2.75, 3.05) is 11.4 Å². The van der Waals surface area contributed by atoms with Gasteiger partial charge >= 0.3 is 6.18 Å². The SMILES string of the molecule is C[C@H]1CCCN1c1ccc(C#N)cc1C(F)(F)F. The molecular weight excluding hydrogens is 241 g/mol. The van der Waals surface area contributed by atoms with E-state index in [1.807, 2.05) is 6.92 Å². The van der Waals surface area contributed by atoms with Gasteiger partial charge in [0.05, 0.1) is 17.2 Å². The van der Waals surface area contributed by atoms with Crippen LogP contribution in [0.3, 0.4) is 0 Å². The summed E-state index contributed by atoms with van der Waals surface area (Å²) in [7, 11) is 0. The standard InChI is InChI=1S/C13H13F3N2/c1-9-3-2-6-18(9)12-5-4-10(8-17)7-11(12)13(14,15)16/h4-5,7,9H,2-3,6H2,1H3/t9-/m0/s1. The van der Waals surface area contributed by atoms with E-state index in [-0.39, 0.29) is 17.3 Å². The summed E-state index contributed by atoms with van der Waals surface area (Å²) in [5.41, 5.74) is -0.486. The van der Waals surface area contributed by atoms with Gasteiger partial charge in [0.25, 0.3) is 0 Å². The summed E-state index contributed by atoms with van der Waals surface area (Å²) in [4.78, 5) is 1.77. The van der Waals surface area contributed by atoms with Gasteiger partial charge in [-0.05, 0) is 38.0 Å². The van der Waals surface area contributed by atoms with E-state index in [2.05, 4.69) is 0 Å². The Balaban J connectivity index is 2.50. The lowest BCUT2D eigenvalue weighted by Crippen LogP contribution is -2.28. The highest BCUT2D eigenvalue weighted by molar-refractivity contribution is 5.59. The zero-order valence-electron chi connectivity index (χ0n) is 9.96. The molecule has 0 amide bonds. The van der Waals surface area contributed by atoms with Gasteiger partial charge in [-0.25, -0.2) is 0 Å². The number of hydrogen-bond acceptors (Lipinski definition) is 2. The van der Waals surface area contributed by atoms with Crippen molar-refractivity contribution in [1.82, 2.24) is 0 Å². The molecule has 0 radical (unpaired) electrons. The second-order valence-corrected chi connectivity index (χ2v) is 4.53. The summed E-state index contributed by atoms with van der Waals surface area (Å²) in [6.07, 6.45) is -2.62. The Morgan fingerprint density at radius 3 is 2.61 bits per heavy atom. The maximum Gasteiger partial charge on any atom is 0.418 e. The Bertz CT molecular complexity index is 488. The predicted octanol–water partition coefficient (Wildman–Crippen LogP) is 3.57. The maximum absolute atomic E-state index is 13.0. The van der Waals surface area contributed by atoms with Crippen LogP contribution in [0.4, 0.5) is 18.9 Å². The molecule has 5 heteroatoms. The summed E-state index contributed by atoms with van der Waals surface area (Å²) in [6, 6.07) is 5.64. The van der Waals surface area contributed by atoms with Crippen molar-refractivity contribution < 1.29 is 13.2 Å². The number of hydrogen-bond donors (Lipinski definition) is 0. The second kappa shape index (κ2) is 4.52. The van der Waals surface area contributed by atoms with Gasteiger partial charge in [-0.2, -0.15) is 18.4 Å². The molecule has 0 saturated carbocycles. The maximum atomic E-state index is 13.0. The Labute approximate surface area is 104 Å². The average Bonchev–Trinajstić information content (AvgIpc) is 2.73. The van der Waals surface area contributed by atoms with E-state index < -0.39 is 11.7 Å². The fourth-order valence-corrected chi connectivity index (χ4v) is 2.37. The van der Waals surface area contributed by atoms with Gasteiger partial charge in [0.15, 0.2) is 0 Å². The van der Waals surface area contributed by atoms with Crippen LogP contribution in [0.1, 0.15) is 30.9 Å². The van der Waals surface area contributed by atoms with Crippen LogP contribution in [0.5, 0.6) is 0 Å². The van der Waals surface area contributed by atoms with Gasteiger partial charge in [0, 0.05) is 18.3 Å². The molecule has 1 aliphatic rings. The zero-order valence-corrected chi connectivity index (χ0v) is 9.96. The number of nitrogens with zero attached hydrogens (tertiary/aromatic N) is 2. The van der Waals surface area contributed by atoms with Gasteiger partial charge in [0.1, 0.15) is 0 Å². The molecule has 1 aromatic rings. The molecule has 1 saturated heterocycles. The normalized spacial score (nSPS) is 19.9. The molecule has 1 aromatic carbocycles. The molecular formula is C13H13F3N2. The molecule has 0 N–H and O–H groups in total. The van der Waals surface area contributed by atoms with Crippen LogP contribution in [-0.2, 0) is 6.18 Å². The quantitative estimate of drug-likeness (QED) is 0.766. The first kappa shape index (κ1) is 12.7. The van der Waals surface area contributed by atoms with Crippen LogP contribution in [0.25, 0.3) is 0 Å². The number of benzene rings is 1. The lowest BCUT2D eigenvalue weighted by molar-refractivity contribution is -0.137. The Morgan fingerprint density at radius 1 is 1.39 bits per heavy atom. The van der Waals surface area contributed by atoms with Gasteiger partial charge in [0.2, 0.25) is 0 Å². The lowest BCUT2D eigenvalue weighted by Gasteiger charge is -2.27. The third-order valence-corrected chi connectivity index (χ3v) is 3.29. The van der Waals surface area contributed by atoms with Crippen LogP contribution in [0.2, 0.25) is 0 Å². The van der Waals surface area contributed by atoms with Crippen molar-refractivity contribution in [1.29, 1.82) is 5.26 Å². The molecule has 0 bridgehead atoms. The highest BCUT2D eigenvalue weighted by atomic mass is 19.4. The molecule has 18 heavy (non-hydrogen) atoms. The van der Waals surface area contributed by atoms with Crippen molar-refractivity contribution in [3.05, 3.63) is 29.3 Å². The van der Waals surface area contributed by atoms with E-state index in [0.717, 1.165) is 18.9 Å². The first-order valence-corrected chi connectivity index (χ1v) is 5.81. The van der Waals surface area contributed by atoms with E-state index >= 15 is 0 Å². The molecule has 0 aromatic heterocycles. The van der Waals surface area contributed by atoms with Crippen LogP contribution in [0.15, 0.2) is 18.2 Å². The molecule has 1 atom stereocenters. The van der Waals surface area contributed by atoms with Gasteiger partial charge in [-0.1, -0.05) is 0 Å². The number of anilines is 1.